The Morgan fingerprint density at radius 3 is 2.88 bits per heavy atom. The van der Waals surface area contributed by atoms with Crippen LogP contribution in [0.1, 0.15) is 22.0 Å². The summed E-state index contributed by atoms with van der Waals surface area (Å²) in [5, 5.41) is 11.7. The maximum Gasteiger partial charge on any atom is 0.317 e. The van der Waals surface area contributed by atoms with Gasteiger partial charge in [-0.25, -0.2) is 4.98 Å². The van der Waals surface area contributed by atoms with E-state index in [-0.39, 0.29) is 12.5 Å². The lowest BCUT2D eigenvalue weighted by Gasteiger charge is -2.16. The molecule has 1 amide bonds. The van der Waals surface area contributed by atoms with Gasteiger partial charge < -0.3 is 15.0 Å². The number of carbonyl (C=O) groups excluding carboxylic acids is 1. The minimum absolute atomic E-state index is 0.0334. The van der Waals surface area contributed by atoms with Crippen molar-refractivity contribution in [3.05, 3.63) is 47.8 Å². The molecule has 0 saturated carbocycles. The smallest absolute Gasteiger partial charge is 0.317 e. The number of hydrogen-bond donors (Lipinski definition) is 2. The first-order chi connectivity index (χ1) is 12.1. The van der Waals surface area contributed by atoms with E-state index >= 15 is 0 Å². The van der Waals surface area contributed by atoms with Gasteiger partial charge in [-0.2, -0.15) is 0 Å². The minimum Gasteiger partial charge on any atom is -0.480 e. The van der Waals surface area contributed by atoms with Crippen molar-refractivity contribution in [2.24, 2.45) is 0 Å². The molecule has 0 fully saturated rings. The van der Waals surface area contributed by atoms with Crippen LogP contribution in [0.25, 0.3) is 0 Å². The Morgan fingerprint density at radius 1 is 1.24 bits per heavy atom. The first-order valence-corrected chi connectivity index (χ1v) is 8.30. The molecule has 2 N–H and O–H groups in total. The van der Waals surface area contributed by atoms with Gasteiger partial charge in [0.15, 0.2) is 0 Å². The van der Waals surface area contributed by atoms with Crippen molar-refractivity contribution in [1.29, 1.82) is 0 Å². The number of rotatable bonds is 6. The molecule has 1 aliphatic rings. The maximum absolute atomic E-state index is 12.3. The van der Waals surface area contributed by atoms with Gasteiger partial charge >= 0.3 is 5.97 Å². The second-order valence-electron chi connectivity index (χ2n) is 5.98. The van der Waals surface area contributed by atoms with Crippen molar-refractivity contribution in [3.63, 3.8) is 0 Å². The fraction of sp³-hybridized carbons (Fsp3) is 0.412. The van der Waals surface area contributed by atoms with Crippen LogP contribution in [0, 0.1) is 0 Å². The number of carbonyl (C=O) groups is 2. The lowest BCUT2D eigenvalue weighted by molar-refractivity contribution is -0.138. The number of carboxylic acids is 1. The minimum atomic E-state index is -0.826. The average Bonchev–Trinajstić information content (AvgIpc) is 2.92. The Kier molecular flexibility index (Phi) is 5.39. The van der Waals surface area contributed by atoms with E-state index < -0.39 is 5.97 Å². The highest BCUT2D eigenvalue weighted by Crippen LogP contribution is 2.10. The highest BCUT2D eigenvalue weighted by atomic mass is 16.4. The number of fused-ring (bicyclic) bond motifs is 1. The van der Waals surface area contributed by atoms with Gasteiger partial charge in [0.1, 0.15) is 11.5 Å². The highest BCUT2D eigenvalue weighted by Gasteiger charge is 2.19. The molecule has 0 unspecified atom stereocenters. The Labute approximate surface area is 145 Å². The molecule has 132 valence electrons. The van der Waals surface area contributed by atoms with Crippen LogP contribution in [-0.4, -0.2) is 62.6 Å². The number of nitrogens with zero attached hydrogens (tertiary/aromatic N) is 4. The Hall–Kier alpha value is -2.74. The van der Waals surface area contributed by atoms with Crippen molar-refractivity contribution >= 4 is 11.9 Å². The summed E-state index contributed by atoms with van der Waals surface area (Å²) < 4.78 is 1.94. The third kappa shape index (κ3) is 4.63. The van der Waals surface area contributed by atoms with E-state index in [0.717, 1.165) is 11.5 Å². The van der Waals surface area contributed by atoms with E-state index in [0.29, 0.717) is 44.7 Å². The van der Waals surface area contributed by atoms with Crippen LogP contribution in [-0.2, 0) is 24.2 Å². The molecule has 1 aliphatic heterocycles. The molecule has 2 aromatic heterocycles. The molecule has 2 aromatic rings. The first kappa shape index (κ1) is 17.1. The van der Waals surface area contributed by atoms with Crippen LogP contribution in [0.3, 0.4) is 0 Å². The van der Waals surface area contributed by atoms with E-state index in [1.165, 1.54) is 0 Å². The zero-order chi connectivity index (χ0) is 17.6. The van der Waals surface area contributed by atoms with E-state index in [1.807, 2.05) is 27.7 Å². The van der Waals surface area contributed by atoms with Crippen molar-refractivity contribution in [3.8, 4) is 0 Å². The zero-order valence-electron chi connectivity index (χ0n) is 13.9. The molecule has 3 heterocycles. The van der Waals surface area contributed by atoms with Gasteiger partial charge in [0.05, 0.1) is 6.54 Å². The van der Waals surface area contributed by atoms with Crippen molar-refractivity contribution in [2.45, 2.75) is 19.4 Å². The number of hydrogen-bond acceptors (Lipinski definition) is 5. The lowest BCUT2D eigenvalue weighted by atomic mass is 10.2. The van der Waals surface area contributed by atoms with Crippen LogP contribution in [0.4, 0.5) is 0 Å². The molecule has 8 nitrogen and oxygen atoms in total. The summed E-state index contributed by atoms with van der Waals surface area (Å²) in [6.07, 6.45) is 4.78. The van der Waals surface area contributed by atoms with Crippen molar-refractivity contribution < 1.29 is 14.7 Å². The lowest BCUT2D eigenvalue weighted by Crippen LogP contribution is -2.32. The molecule has 0 bridgehead atoms. The van der Waals surface area contributed by atoms with Crippen LogP contribution in [0.2, 0.25) is 0 Å². The van der Waals surface area contributed by atoms with Gasteiger partial charge in [-0.15, -0.1) is 0 Å². The molecule has 0 aliphatic carbocycles. The zero-order valence-corrected chi connectivity index (χ0v) is 13.9. The third-order valence-electron chi connectivity index (χ3n) is 4.15. The van der Waals surface area contributed by atoms with Crippen LogP contribution < -0.4 is 5.32 Å². The fourth-order valence-corrected chi connectivity index (χ4v) is 2.87. The van der Waals surface area contributed by atoms with Crippen molar-refractivity contribution in [2.75, 3.05) is 26.2 Å². The maximum atomic E-state index is 12.3. The van der Waals surface area contributed by atoms with Crippen LogP contribution in [0.5, 0.6) is 0 Å². The van der Waals surface area contributed by atoms with E-state index in [4.69, 9.17) is 5.11 Å². The van der Waals surface area contributed by atoms with Gasteiger partial charge in [0, 0.05) is 57.1 Å². The summed E-state index contributed by atoms with van der Waals surface area (Å²) in [4.78, 5) is 33.6. The van der Waals surface area contributed by atoms with Gasteiger partial charge in [-0.1, -0.05) is 6.07 Å². The molecule has 0 radical (unpaired) electrons. The molecular formula is C17H21N5O3. The quantitative estimate of drug-likeness (QED) is 0.777. The van der Waals surface area contributed by atoms with Gasteiger partial charge in [-0.3, -0.25) is 19.5 Å². The SMILES string of the molecule is O=C(O)CN1CCc2nc(C(=O)NCCc3ccccn3)cn2CC1. The summed E-state index contributed by atoms with van der Waals surface area (Å²) in [5.74, 6) is -0.200. The predicted molar refractivity (Wildman–Crippen MR) is 90.3 cm³/mol. The number of nitrogens with one attached hydrogen (secondary N) is 1. The summed E-state index contributed by atoms with van der Waals surface area (Å²) in [6.45, 7) is 2.44. The van der Waals surface area contributed by atoms with Crippen molar-refractivity contribution in [1.82, 2.24) is 24.8 Å². The standard InChI is InChI=1S/C17H21N5O3/c23-16(24)12-21-8-5-15-20-14(11-22(15)10-9-21)17(25)19-7-4-13-3-1-2-6-18-13/h1-3,6,11H,4-5,7-10,12H2,(H,19,25)(H,23,24). The normalized spacial score (nSPS) is 14.6. The summed E-state index contributed by atoms with van der Waals surface area (Å²) >= 11 is 0. The third-order valence-corrected chi connectivity index (χ3v) is 4.15. The molecule has 0 spiro atoms. The monoisotopic (exact) mass is 343 g/mol. The van der Waals surface area contributed by atoms with E-state index in [1.54, 1.807) is 12.4 Å². The van der Waals surface area contributed by atoms with Gasteiger partial charge in [0.2, 0.25) is 0 Å². The second kappa shape index (κ2) is 7.89. The number of aliphatic carboxylic acids is 1. The number of aromatic nitrogens is 3. The molecule has 0 atom stereocenters. The van der Waals surface area contributed by atoms with Crippen LogP contribution >= 0.6 is 0 Å². The molecule has 0 aromatic carbocycles. The number of carboxylic acid groups (broad SMARTS) is 1. The Balaban J connectivity index is 1.53. The Bertz CT molecular complexity index is 718. The molecule has 3 rings (SSSR count). The highest BCUT2D eigenvalue weighted by molar-refractivity contribution is 5.92. The van der Waals surface area contributed by atoms with Gasteiger partial charge in [0.25, 0.3) is 5.91 Å². The second-order valence-corrected chi connectivity index (χ2v) is 5.98. The van der Waals surface area contributed by atoms with Gasteiger partial charge in [-0.05, 0) is 12.1 Å². The topological polar surface area (TPSA) is 100 Å². The summed E-state index contributed by atoms with van der Waals surface area (Å²) in [7, 11) is 0. The largest absolute Gasteiger partial charge is 0.480 e. The number of imidazole rings is 1. The van der Waals surface area contributed by atoms with Crippen LogP contribution in [0.15, 0.2) is 30.6 Å². The molecule has 0 saturated heterocycles. The summed E-state index contributed by atoms with van der Waals surface area (Å²) in [5.41, 5.74) is 1.34. The average molecular weight is 343 g/mol. The molecular weight excluding hydrogens is 322 g/mol. The molecule has 8 heteroatoms. The first-order valence-electron chi connectivity index (χ1n) is 8.30. The number of pyridine rings is 1. The Morgan fingerprint density at radius 2 is 2.12 bits per heavy atom. The van der Waals surface area contributed by atoms with E-state index in [2.05, 4.69) is 15.3 Å². The fourth-order valence-electron chi connectivity index (χ4n) is 2.87. The van der Waals surface area contributed by atoms with E-state index in [9.17, 15) is 9.59 Å². The summed E-state index contributed by atoms with van der Waals surface area (Å²) in [6, 6.07) is 5.70. The predicted octanol–water partition coefficient (Wildman–Crippen LogP) is 0.193. The molecule has 25 heavy (non-hydrogen) atoms. The number of amides is 1.